The van der Waals surface area contributed by atoms with E-state index < -0.39 is 44.2 Å². The van der Waals surface area contributed by atoms with Gasteiger partial charge in [-0.3, -0.25) is 4.79 Å². The number of carbonyl (C=O) groups is 1. The molecule has 3 aliphatic rings. The molecule has 0 bridgehead atoms. The SMILES string of the molecule is CN1CC2N(C(=O)C3CCSCC3)CCC2(S(=O)(=O)c2ccccc2)c2ccc(C(F)(C(F)(F)F)C(F)(F)F)cc21. The van der Waals surface area contributed by atoms with Gasteiger partial charge in [-0.2, -0.15) is 38.1 Å². The fourth-order valence-corrected chi connectivity index (χ4v) is 9.82. The molecule has 41 heavy (non-hydrogen) atoms. The largest absolute Gasteiger partial charge is 0.435 e. The van der Waals surface area contributed by atoms with E-state index in [4.69, 9.17) is 0 Å². The van der Waals surface area contributed by atoms with Gasteiger partial charge in [0.2, 0.25) is 5.91 Å². The van der Waals surface area contributed by atoms with Crippen molar-refractivity contribution < 1.29 is 43.9 Å². The molecule has 5 rings (SSSR count). The van der Waals surface area contributed by atoms with Crippen LogP contribution in [0.2, 0.25) is 0 Å². The van der Waals surface area contributed by atoms with Crippen molar-refractivity contribution in [3.05, 3.63) is 59.7 Å². The lowest BCUT2D eigenvalue weighted by molar-refractivity contribution is -0.348. The van der Waals surface area contributed by atoms with Crippen LogP contribution in [-0.4, -0.2) is 69.3 Å². The molecule has 3 heterocycles. The van der Waals surface area contributed by atoms with Crippen LogP contribution in [0.25, 0.3) is 0 Å². The second-order valence-corrected chi connectivity index (χ2v) is 14.1. The number of alkyl halides is 7. The van der Waals surface area contributed by atoms with Gasteiger partial charge in [-0.05, 0) is 54.5 Å². The third-order valence-corrected chi connectivity index (χ3v) is 12.1. The van der Waals surface area contributed by atoms with E-state index in [0.29, 0.717) is 25.0 Å². The van der Waals surface area contributed by atoms with Crippen LogP contribution in [0.15, 0.2) is 53.4 Å². The summed E-state index contributed by atoms with van der Waals surface area (Å²) in [5.74, 6) is 1.02. The molecule has 224 valence electrons. The number of likely N-dealkylation sites (tertiary alicyclic amines) is 1. The van der Waals surface area contributed by atoms with Crippen LogP contribution < -0.4 is 4.90 Å². The molecule has 2 unspecified atom stereocenters. The average molecular weight is 625 g/mol. The van der Waals surface area contributed by atoms with Crippen LogP contribution in [0.1, 0.15) is 30.4 Å². The standard InChI is InChI=1S/C27H27F7N2O3S2/c1-35-16-22-24(41(38,39)19-5-3-2-4-6-19,11-12-36(22)23(37)17-9-13-40-14-10-17)20-8-7-18(15-21(20)35)25(28,26(29,30)31)27(32,33)34/h2-8,15,17,22H,9-14,16H2,1H3. The maximum Gasteiger partial charge on any atom is 0.435 e. The summed E-state index contributed by atoms with van der Waals surface area (Å²) in [7, 11) is -2.99. The van der Waals surface area contributed by atoms with Crippen molar-refractivity contribution in [1.82, 2.24) is 4.90 Å². The van der Waals surface area contributed by atoms with E-state index in [0.717, 1.165) is 17.6 Å². The van der Waals surface area contributed by atoms with Gasteiger partial charge in [0.1, 0.15) is 4.75 Å². The Hall–Kier alpha value is -2.48. The smallest absolute Gasteiger partial charge is 0.372 e. The molecule has 2 fully saturated rings. The number of hydrogen-bond acceptors (Lipinski definition) is 5. The Labute approximate surface area is 237 Å². The van der Waals surface area contributed by atoms with E-state index >= 15 is 4.39 Å². The summed E-state index contributed by atoms with van der Waals surface area (Å²) in [6.45, 7) is -0.153. The second kappa shape index (κ2) is 10.1. The fraction of sp³-hybridized carbons (Fsp3) is 0.519. The van der Waals surface area contributed by atoms with Crippen LogP contribution in [0, 0.1) is 5.92 Å². The van der Waals surface area contributed by atoms with Crippen molar-refractivity contribution in [2.24, 2.45) is 5.92 Å². The van der Waals surface area contributed by atoms with Crippen molar-refractivity contribution in [1.29, 1.82) is 0 Å². The maximum atomic E-state index is 15.0. The Balaban J connectivity index is 1.71. The van der Waals surface area contributed by atoms with Crippen molar-refractivity contribution >= 4 is 33.2 Å². The van der Waals surface area contributed by atoms with E-state index in [9.17, 15) is 39.6 Å². The fourth-order valence-electron chi connectivity index (χ4n) is 6.40. The molecule has 0 aliphatic carbocycles. The molecule has 3 aliphatic heterocycles. The Morgan fingerprint density at radius 3 is 2.15 bits per heavy atom. The van der Waals surface area contributed by atoms with Gasteiger partial charge in [-0.15, -0.1) is 0 Å². The van der Waals surface area contributed by atoms with E-state index in [1.165, 1.54) is 41.1 Å². The van der Waals surface area contributed by atoms with E-state index in [1.807, 2.05) is 0 Å². The normalized spacial score (nSPS) is 24.2. The first kappa shape index (κ1) is 30.0. The summed E-state index contributed by atoms with van der Waals surface area (Å²) in [6, 6.07) is 8.00. The first-order valence-electron chi connectivity index (χ1n) is 12.9. The van der Waals surface area contributed by atoms with Gasteiger partial charge in [-0.25, -0.2) is 12.8 Å². The summed E-state index contributed by atoms with van der Waals surface area (Å²) in [4.78, 5) is 16.4. The Morgan fingerprint density at radius 2 is 1.56 bits per heavy atom. The van der Waals surface area contributed by atoms with E-state index in [1.54, 1.807) is 17.8 Å². The van der Waals surface area contributed by atoms with Crippen molar-refractivity contribution in [2.45, 2.75) is 53.0 Å². The van der Waals surface area contributed by atoms with Crippen molar-refractivity contribution in [2.75, 3.05) is 36.5 Å². The van der Waals surface area contributed by atoms with E-state index in [-0.39, 0.29) is 47.5 Å². The number of fused-ring (bicyclic) bond motifs is 3. The molecule has 0 spiro atoms. The lowest BCUT2D eigenvalue weighted by Crippen LogP contribution is -2.58. The number of benzene rings is 2. The van der Waals surface area contributed by atoms with Crippen LogP contribution in [-0.2, 0) is 25.0 Å². The molecule has 1 amide bonds. The number of anilines is 1. The molecule has 2 atom stereocenters. The molecule has 0 aromatic heterocycles. The molecule has 0 radical (unpaired) electrons. The predicted molar refractivity (Wildman–Crippen MR) is 140 cm³/mol. The topological polar surface area (TPSA) is 57.7 Å². The summed E-state index contributed by atoms with van der Waals surface area (Å²) >= 11 is 1.71. The van der Waals surface area contributed by atoms with Gasteiger partial charge >= 0.3 is 18.0 Å². The number of carbonyl (C=O) groups excluding carboxylic acids is 1. The Bertz CT molecular complexity index is 1410. The maximum absolute atomic E-state index is 15.0. The highest BCUT2D eigenvalue weighted by atomic mass is 32.2. The summed E-state index contributed by atoms with van der Waals surface area (Å²) in [6.07, 6.45) is -11.5. The zero-order chi connectivity index (χ0) is 30.0. The van der Waals surface area contributed by atoms with Gasteiger partial charge in [0.15, 0.2) is 9.84 Å². The summed E-state index contributed by atoms with van der Waals surface area (Å²) in [5.41, 5.74) is -7.70. The number of amides is 1. The quantitative estimate of drug-likeness (QED) is 0.401. The molecule has 2 saturated heterocycles. The minimum absolute atomic E-state index is 0.0341. The number of thioether (sulfide) groups is 1. The summed E-state index contributed by atoms with van der Waals surface area (Å²) in [5, 5.41) is 0. The first-order chi connectivity index (χ1) is 19.1. The van der Waals surface area contributed by atoms with Crippen LogP contribution in [0.4, 0.5) is 36.4 Å². The molecule has 2 aromatic carbocycles. The number of hydrogen-bond donors (Lipinski definition) is 0. The molecule has 5 nitrogen and oxygen atoms in total. The van der Waals surface area contributed by atoms with Crippen LogP contribution in [0.5, 0.6) is 0 Å². The second-order valence-electron chi connectivity index (χ2n) is 10.7. The van der Waals surface area contributed by atoms with Crippen LogP contribution >= 0.6 is 11.8 Å². The molecule has 14 heteroatoms. The zero-order valence-corrected chi connectivity index (χ0v) is 23.4. The molecule has 0 saturated carbocycles. The minimum Gasteiger partial charge on any atom is -0.372 e. The predicted octanol–water partition coefficient (Wildman–Crippen LogP) is 5.84. The number of rotatable bonds is 4. The minimum atomic E-state index is -6.32. The lowest BCUT2D eigenvalue weighted by Gasteiger charge is -2.47. The van der Waals surface area contributed by atoms with Gasteiger partial charge in [0, 0.05) is 37.3 Å². The highest BCUT2D eigenvalue weighted by molar-refractivity contribution is 7.99. The average Bonchev–Trinajstić information content (AvgIpc) is 3.32. The monoisotopic (exact) mass is 624 g/mol. The van der Waals surface area contributed by atoms with Gasteiger partial charge in [0.25, 0.3) is 0 Å². The number of sulfone groups is 1. The Kier molecular flexibility index (Phi) is 7.36. The lowest BCUT2D eigenvalue weighted by atomic mass is 9.82. The molecule has 2 aromatic rings. The number of nitrogens with zero attached hydrogens (tertiary/aromatic N) is 2. The van der Waals surface area contributed by atoms with Crippen molar-refractivity contribution in [3.63, 3.8) is 0 Å². The molecular formula is C27H27F7N2O3S2. The van der Waals surface area contributed by atoms with E-state index in [2.05, 4.69) is 0 Å². The van der Waals surface area contributed by atoms with Crippen LogP contribution in [0.3, 0.4) is 0 Å². The number of likely N-dealkylation sites (N-methyl/N-ethyl adjacent to an activating group) is 1. The van der Waals surface area contributed by atoms with Gasteiger partial charge < -0.3 is 9.80 Å². The van der Waals surface area contributed by atoms with Gasteiger partial charge in [-0.1, -0.05) is 30.3 Å². The summed E-state index contributed by atoms with van der Waals surface area (Å²) < 4.78 is 123. The van der Waals surface area contributed by atoms with Gasteiger partial charge in [0.05, 0.1) is 10.9 Å². The zero-order valence-electron chi connectivity index (χ0n) is 21.8. The van der Waals surface area contributed by atoms with Crippen molar-refractivity contribution in [3.8, 4) is 0 Å². The first-order valence-corrected chi connectivity index (χ1v) is 15.6. The number of halogens is 7. The highest BCUT2D eigenvalue weighted by Gasteiger charge is 2.74. The third kappa shape index (κ3) is 4.42. The molecule has 0 N–H and O–H groups in total. The Morgan fingerprint density at radius 1 is 0.951 bits per heavy atom. The molecular weight excluding hydrogens is 597 g/mol. The third-order valence-electron chi connectivity index (χ3n) is 8.52. The highest BCUT2D eigenvalue weighted by Crippen LogP contribution is 2.57.